The number of nitrogens with zero attached hydrogens (tertiary/aromatic N) is 1. The van der Waals surface area contributed by atoms with Gasteiger partial charge >= 0.3 is 0 Å². The van der Waals surface area contributed by atoms with Crippen molar-refractivity contribution in [1.29, 1.82) is 0 Å². The van der Waals surface area contributed by atoms with E-state index in [0.29, 0.717) is 13.0 Å². The molecule has 2 fully saturated rings. The van der Waals surface area contributed by atoms with Gasteiger partial charge in [0.05, 0.1) is 6.54 Å². The third-order valence-electron chi connectivity index (χ3n) is 4.68. The summed E-state index contributed by atoms with van der Waals surface area (Å²) in [6.07, 6.45) is 4.28. The second-order valence-corrected chi connectivity index (χ2v) is 7.52. The molecule has 1 aliphatic heterocycles. The van der Waals surface area contributed by atoms with Crippen LogP contribution in [-0.4, -0.2) is 28.3 Å². The third kappa shape index (κ3) is 2.48. The molecule has 0 aromatic carbocycles. The van der Waals surface area contributed by atoms with Crippen molar-refractivity contribution in [3.8, 4) is 0 Å². The number of hydrogen-bond acceptors (Lipinski definition) is 3. The standard InChI is InChI=1S/C16H22N2O2S/c1-3-13-14(19)17-16(8-4-5-9-16)15(20)18(13)10-12-7-6-11(2)21-12/h6-7,13H,3-5,8-10H2,1-2H3,(H,17,19). The van der Waals surface area contributed by atoms with Gasteiger partial charge in [-0.15, -0.1) is 11.3 Å². The number of carbonyl (C=O) groups excluding carboxylic acids is 2. The summed E-state index contributed by atoms with van der Waals surface area (Å²) in [7, 11) is 0. The molecule has 21 heavy (non-hydrogen) atoms. The van der Waals surface area contributed by atoms with Gasteiger partial charge < -0.3 is 10.2 Å². The Balaban J connectivity index is 1.89. The second-order valence-electron chi connectivity index (χ2n) is 6.15. The van der Waals surface area contributed by atoms with E-state index < -0.39 is 5.54 Å². The smallest absolute Gasteiger partial charge is 0.249 e. The Morgan fingerprint density at radius 2 is 2.05 bits per heavy atom. The monoisotopic (exact) mass is 306 g/mol. The zero-order valence-corrected chi connectivity index (χ0v) is 13.5. The first kappa shape index (κ1) is 14.6. The van der Waals surface area contributed by atoms with E-state index in [4.69, 9.17) is 0 Å². The fourth-order valence-corrected chi connectivity index (χ4v) is 4.46. The minimum Gasteiger partial charge on any atom is -0.340 e. The highest BCUT2D eigenvalue weighted by molar-refractivity contribution is 7.11. The molecular weight excluding hydrogens is 284 g/mol. The molecule has 1 N–H and O–H groups in total. The van der Waals surface area contributed by atoms with Gasteiger partial charge in [-0.3, -0.25) is 9.59 Å². The van der Waals surface area contributed by atoms with Crippen molar-refractivity contribution in [2.75, 3.05) is 0 Å². The van der Waals surface area contributed by atoms with E-state index in [1.54, 1.807) is 11.3 Å². The first-order valence-corrected chi connectivity index (χ1v) is 8.56. The number of amides is 2. The summed E-state index contributed by atoms with van der Waals surface area (Å²) < 4.78 is 0. The fourth-order valence-electron chi connectivity index (χ4n) is 3.57. The molecule has 1 saturated heterocycles. The summed E-state index contributed by atoms with van der Waals surface area (Å²) in [5.74, 6) is 0.143. The van der Waals surface area contributed by atoms with Crippen molar-refractivity contribution in [2.45, 2.75) is 64.1 Å². The van der Waals surface area contributed by atoms with Crippen LogP contribution in [0.25, 0.3) is 0 Å². The largest absolute Gasteiger partial charge is 0.340 e. The number of nitrogens with one attached hydrogen (secondary N) is 1. The van der Waals surface area contributed by atoms with Crippen LogP contribution in [0.4, 0.5) is 0 Å². The minimum atomic E-state index is -0.616. The lowest BCUT2D eigenvalue weighted by Gasteiger charge is -2.44. The van der Waals surface area contributed by atoms with Gasteiger partial charge in [-0.25, -0.2) is 0 Å². The van der Waals surface area contributed by atoms with Crippen LogP contribution in [-0.2, 0) is 16.1 Å². The summed E-state index contributed by atoms with van der Waals surface area (Å²) in [6.45, 7) is 4.59. The Bertz CT molecular complexity index is 560. The van der Waals surface area contributed by atoms with Crippen molar-refractivity contribution >= 4 is 23.2 Å². The van der Waals surface area contributed by atoms with E-state index in [0.717, 1.165) is 30.6 Å². The molecular formula is C16H22N2O2S. The van der Waals surface area contributed by atoms with E-state index in [-0.39, 0.29) is 17.9 Å². The van der Waals surface area contributed by atoms with Crippen LogP contribution in [0.1, 0.15) is 48.8 Å². The fraction of sp³-hybridized carbons (Fsp3) is 0.625. The van der Waals surface area contributed by atoms with Gasteiger partial charge in [0, 0.05) is 9.75 Å². The number of carbonyl (C=O) groups is 2. The number of aryl methyl sites for hydroxylation is 1. The number of thiophene rings is 1. The molecule has 1 aromatic heterocycles. The molecule has 1 unspecified atom stereocenters. The van der Waals surface area contributed by atoms with Crippen LogP contribution < -0.4 is 5.32 Å². The van der Waals surface area contributed by atoms with Crippen LogP contribution >= 0.6 is 11.3 Å². The lowest BCUT2D eigenvalue weighted by molar-refractivity contribution is -0.155. The Kier molecular flexibility index (Phi) is 3.78. The molecule has 1 aliphatic carbocycles. The maximum atomic E-state index is 13.0. The van der Waals surface area contributed by atoms with E-state index >= 15 is 0 Å². The van der Waals surface area contributed by atoms with Crippen LogP contribution in [0.3, 0.4) is 0 Å². The zero-order chi connectivity index (χ0) is 15.0. The van der Waals surface area contributed by atoms with Gasteiger partial charge in [-0.2, -0.15) is 0 Å². The van der Waals surface area contributed by atoms with E-state index in [9.17, 15) is 9.59 Å². The predicted molar refractivity (Wildman–Crippen MR) is 83.0 cm³/mol. The van der Waals surface area contributed by atoms with Crippen molar-refractivity contribution in [3.05, 3.63) is 21.9 Å². The summed E-state index contributed by atoms with van der Waals surface area (Å²) in [4.78, 5) is 29.6. The first-order chi connectivity index (χ1) is 10.1. The Morgan fingerprint density at radius 1 is 1.33 bits per heavy atom. The lowest BCUT2D eigenvalue weighted by Crippen LogP contribution is -2.68. The molecule has 0 bridgehead atoms. The third-order valence-corrected chi connectivity index (χ3v) is 5.66. The minimum absolute atomic E-state index is 0.0206. The van der Waals surface area contributed by atoms with Gasteiger partial charge in [0.1, 0.15) is 11.6 Å². The molecule has 2 aliphatic rings. The number of hydrogen-bond donors (Lipinski definition) is 1. The van der Waals surface area contributed by atoms with E-state index in [1.807, 2.05) is 11.8 Å². The van der Waals surface area contributed by atoms with Gasteiger partial charge in [-0.05, 0) is 38.3 Å². The molecule has 2 amide bonds. The SMILES string of the molecule is CCC1C(=O)NC2(CCCC2)C(=O)N1Cc1ccc(C)s1. The summed E-state index contributed by atoms with van der Waals surface area (Å²) in [6, 6.07) is 3.81. The van der Waals surface area contributed by atoms with Crippen LogP contribution in [0.2, 0.25) is 0 Å². The molecule has 0 radical (unpaired) electrons. The molecule has 1 atom stereocenters. The average molecular weight is 306 g/mol. The topological polar surface area (TPSA) is 49.4 Å². The number of piperazine rings is 1. The molecule has 3 rings (SSSR count). The highest BCUT2D eigenvalue weighted by Gasteiger charge is 2.51. The van der Waals surface area contributed by atoms with E-state index in [1.165, 1.54) is 4.88 Å². The van der Waals surface area contributed by atoms with Crippen LogP contribution in [0.15, 0.2) is 12.1 Å². The highest BCUT2D eigenvalue weighted by atomic mass is 32.1. The predicted octanol–water partition coefficient (Wildman–Crippen LogP) is 2.61. The molecule has 1 saturated carbocycles. The first-order valence-electron chi connectivity index (χ1n) is 7.74. The molecule has 5 heteroatoms. The van der Waals surface area contributed by atoms with Crippen molar-refractivity contribution < 1.29 is 9.59 Å². The van der Waals surface area contributed by atoms with Gasteiger partial charge in [0.2, 0.25) is 11.8 Å². The second kappa shape index (κ2) is 5.44. The summed E-state index contributed by atoms with van der Waals surface area (Å²) in [5.41, 5.74) is -0.616. The normalized spacial score (nSPS) is 24.7. The summed E-state index contributed by atoms with van der Waals surface area (Å²) >= 11 is 1.70. The van der Waals surface area contributed by atoms with Gasteiger partial charge in [0.15, 0.2) is 0 Å². The average Bonchev–Trinajstić information content (AvgIpc) is 3.06. The highest BCUT2D eigenvalue weighted by Crippen LogP contribution is 2.36. The van der Waals surface area contributed by atoms with E-state index in [2.05, 4.69) is 24.4 Å². The molecule has 2 heterocycles. The van der Waals surface area contributed by atoms with Crippen molar-refractivity contribution in [2.24, 2.45) is 0 Å². The molecule has 4 nitrogen and oxygen atoms in total. The zero-order valence-electron chi connectivity index (χ0n) is 12.6. The maximum absolute atomic E-state index is 13.0. The van der Waals surface area contributed by atoms with Crippen LogP contribution in [0, 0.1) is 6.92 Å². The summed E-state index contributed by atoms with van der Waals surface area (Å²) in [5, 5.41) is 3.04. The lowest BCUT2D eigenvalue weighted by atomic mass is 9.90. The number of rotatable bonds is 3. The Hall–Kier alpha value is -1.36. The van der Waals surface area contributed by atoms with Crippen molar-refractivity contribution in [3.63, 3.8) is 0 Å². The van der Waals surface area contributed by atoms with Gasteiger partial charge in [-0.1, -0.05) is 19.8 Å². The molecule has 114 valence electrons. The van der Waals surface area contributed by atoms with Crippen molar-refractivity contribution in [1.82, 2.24) is 10.2 Å². The molecule has 1 spiro atoms. The Morgan fingerprint density at radius 3 is 2.62 bits per heavy atom. The maximum Gasteiger partial charge on any atom is 0.249 e. The molecule has 1 aromatic rings. The Labute approximate surface area is 129 Å². The van der Waals surface area contributed by atoms with Crippen LogP contribution in [0.5, 0.6) is 0 Å². The quantitative estimate of drug-likeness (QED) is 0.933. The van der Waals surface area contributed by atoms with Gasteiger partial charge in [0.25, 0.3) is 0 Å².